The topological polar surface area (TPSA) is 21.3 Å². The maximum Gasteiger partial charge on any atom is 0.0732 e. The third-order valence-electron chi connectivity index (χ3n) is 3.45. The van der Waals surface area contributed by atoms with Crippen molar-refractivity contribution in [3.63, 3.8) is 0 Å². The van der Waals surface area contributed by atoms with E-state index in [1.165, 1.54) is 31.2 Å². The van der Waals surface area contributed by atoms with E-state index in [1.807, 2.05) is 7.05 Å². The Labute approximate surface area is 112 Å². The number of hydrogen-bond donors (Lipinski definition) is 1. The average molecular weight is 298 g/mol. The molecule has 2 nitrogen and oxygen atoms in total. The minimum Gasteiger partial charge on any atom is -0.372 e. The van der Waals surface area contributed by atoms with Gasteiger partial charge in [-0.2, -0.15) is 0 Å². The van der Waals surface area contributed by atoms with E-state index in [0.29, 0.717) is 12.1 Å². The first-order chi connectivity index (χ1) is 8.29. The molecule has 94 valence electrons. The summed E-state index contributed by atoms with van der Waals surface area (Å²) in [5.74, 6) is 0. The number of benzene rings is 1. The van der Waals surface area contributed by atoms with E-state index in [1.54, 1.807) is 0 Å². The molecular weight excluding hydrogens is 278 g/mol. The molecule has 0 radical (unpaired) electrons. The number of halogens is 1. The molecule has 2 atom stereocenters. The van der Waals surface area contributed by atoms with Gasteiger partial charge in [-0.1, -0.05) is 40.9 Å². The standard InChI is InChI=1S/C14H20BrNO/c1-16-13-4-2-3-5-14(13)17-10-11-6-8-12(15)9-7-11/h6-9,13-14,16H,2-5,10H2,1H3. The van der Waals surface area contributed by atoms with Crippen molar-refractivity contribution < 1.29 is 4.74 Å². The molecule has 0 saturated heterocycles. The molecule has 1 N–H and O–H groups in total. The van der Waals surface area contributed by atoms with Crippen molar-refractivity contribution in [3.8, 4) is 0 Å². The van der Waals surface area contributed by atoms with Crippen molar-refractivity contribution in [2.24, 2.45) is 0 Å². The molecule has 0 aromatic heterocycles. The van der Waals surface area contributed by atoms with E-state index in [-0.39, 0.29) is 0 Å². The molecule has 1 aliphatic carbocycles. The van der Waals surface area contributed by atoms with Crippen LogP contribution in [0, 0.1) is 0 Å². The molecule has 1 fully saturated rings. The molecule has 2 unspecified atom stereocenters. The highest BCUT2D eigenvalue weighted by molar-refractivity contribution is 9.10. The zero-order chi connectivity index (χ0) is 12.1. The number of likely N-dealkylation sites (N-methyl/N-ethyl adjacent to an activating group) is 1. The molecule has 1 saturated carbocycles. The van der Waals surface area contributed by atoms with Crippen LogP contribution in [0.25, 0.3) is 0 Å². The van der Waals surface area contributed by atoms with Gasteiger partial charge in [0.2, 0.25) is 0 Å². The predicted octanol–water partition coefficient (Wildman–Crippen LogP) is 3.50. The van der Waals surface area contributed by atoms with Crippen molar-refractivity contribution >= 4 is 15.9 Å². The SMILES string of the molecule is CNC1CCCCC1OCc1ccc(Br)cc1. The first-order valence-corrected chi connectivity index (χ1v) is 7.12. The fourth-order valence-electron chi connectivity index (χ4n) is 2.41. The monoisotopic (exact) mass is 297 g/mol. The lowest BCUT2D eigenvalue weighted by Gasteiger charge is -2.31. The molecule has 0 spiro atoms. The molecule has 0 amide bonds. The van der Waals surface area contributed by atoms with Crippen LogP contribution in [0.15, 0.2) is 28.7 Å². The summed E-state index contributed by atoms with van der Waals surface area (Å²) < 4.78 is 7.15. The lowest BCUT2D eigenvalue weighted by atomic mass is 9.92. The van der Waals surface area contributed by atoms with Gasteiger partial charge in [0.05, 0.1) is 12.7 Å². The van der Waals surface area contributed by atoms with Crippen LogP contribution >= 0.6 is 15.9 Å². The van der Waals surface area contributed by atoms with Crippen molar-refractivity contribution in [1.29, 1.82) is 0 Å². The Hall–Kier alpha value is -0.380. The summed E-state index contributed by atoms with van der Waals surface area (Å²) in [6.07, 6.45) is 5.41. The minimum atomic E-state index is 0.373. The van der Waals surface area contributed by atoms with E-state index in [2.05, 4.69) is 45.5 Å². The van der Waals surface area contributed by atoms with Crippen LogP contribution in [0.5, 0.6) is 0 Å². The Morgan fingerprint density at radius 2 is 1.94 bits per heavy atom. The Balaban J connectivity index is 1.86. The van der Waals surface area contributed by atoms with Crippen molar-refractivity contribution in [2.75, 3.05) is 7.05 Å². The van der Waals surface area contributed by atoms with E-state index in [9.17, 15) is 0 Å². The average Bonchev–Trinajstić information content (AvgIpc) is 2.38. The van der Waals surface area contributed by atoms with Crippen molar-refractivity contribution in [1.82, 2.24) is 5.32 Å². The molecule has 17 heavy (non-hydrogen) atoms. The van der Waals surface area contributed by atoms with Gasteiger partial charge >= 0.3 is 0 Å². The quantitative estimate of drug-likeness (QED) is 0.918. The fourth-order valence-corrected chi connectivity index (χ4v) is 2.67. The van der Waals surface area contributed by atoms with Gasteiger partial charge in [-0.25, -0.2) is 0 Å². The van der Waals surface area contributed by atoms with Crippen LogP contribution in [0.4, 0.5) is 0 Å². The number of hydrogen-bond acceptors (Lipinski definition) is 2. The van der Waals surface area contributed by atoms with Gasteiger partial charge < -0.3 is 10.1 Å². The van der Waals surface area contributed by atoms with Gasteiger partial charge in [-0.05, 0) is 37.6 Å². The summed E-state index contributed by atoms with van der Waals surface area (Å²) in [5, 5.41) is 3.37. The molecule has 1 aliphatic rings. The summed E-state index contributed by atoms with van der Waals surface area (Å²) in [4.78, 5) is 0. The maximum atomic E-state index is 6.03. The highest BCUT2D eigenvalue weighted by Gasteiger charge is 2.24. The second-order valence-electron chi connectivity index (χ2n) is 4.66. The van der Waals surface area contributed by atoms with Gasteiger partial charge in [-0.15, -0.1) is 0 Å². The highest BCUT2D eigenvalue weighted by Crippen LogP contribution is 2.22. The summed E-state index contributed by atoms with van der Waals surface area (Å²) in [6, 6.07) is 8.88. The summed E-state index contributed by atoms with van der Waals surface area (Å²) in [7, 11) is 2.03. The van der Waals surface area contributed by atoms with Crippen LogP contribution in [-0.4, -0.2) is 19.2 Å². The zero-order valence-electron chi connectivity index (χ0n) is 10.3. The molecule has 1 aromatic rings. The number of ether oxygens (including phenoxy) is 1. The second-order valence-corrected chi connectivity index (χ2v) is 5.57. The molecule has 2 rings (SSSR count). The second kappa shape index (κ2) is 6.53. The lowest BCUT2D eigenvalue weighted by Crippen LogP contribution is -2.41. The van der Waals surface area contributed by atoms with E-state index >= 15 is 0 Å². The van der Waals surface area contributed by atoms with Gasteiger partial charge in [0.1, 0.15) is 0 Å². The maximum absolute atomic E-state index is 6.03. The normalized spacial score (nSPS) is 24.8. The van der Waals surface area contributed by atoms with Crippen molar-refractivity contribution in [2.45, 2.75) is 44.4 Å². The largest absolute Gasteiger partial charge is 0.372 e. The van der Waals surface area contributed by atoms with Crippen LogP contribution in [0.1, 0.15) is 31.2 Å². The van der Waals surface area contributed by atoms with Crippen LogP contribution < -0.4 is 5.32 Å². The Morgan fingerprint density at radius 3 is 2.65 bits per heavy atom. The highest BCUT2D eigenvalue weighted by atomic mass is 79.9. The van der Waals surface area contributed by atoms with Crippen LogP contribution in [-0.2, 0) is 11.3 Å². The fraction of sp³-hybridized carbons (Fsp3) is 0.571. The third kappa shape index (κ3) is 3.80. The molecule has 0 bridgehead atoms. The van der Waals surface area contributed by atoms with Crippen LogP contribution in [0.3, 0.4) is 0 Å². The molecule has 3 heteroatoms. The molecule has 0 heterocycles. The molecular formula is C14H20BrNO. The van der Waals surface area contributed by atoms with Gasteiger partial charge in [0.15, 0.2) is 0 Å². The third-order valence-corrected chi connectivity index (χ3v) is 3.98. The first-order valence-electron chi connectivity index (χ1n) is 6.33. The predicted molar refractivity (Wildman–Crippen MR) is 74.0 cm³/mol. The minimum absolute atomic E-state index is 0.373. The molecule has 0 aliphatic heterocycles. The lowest BCUT2D eigenvalue weighted by molar-refractivity contribution is -0.00361. The van der Waals surface area contributed by atoms with E-state index in [4.69, 9.17) is 4.74 Å². The smallest absolute Gasteiger partial charge is 0.0732 e. The zero-order valence-corrected chi connectivity index (χ0v) is 11.9. The summed E-state index contributed by atoms with van der Waals surface area (Å²) in [6.45, 7) is 0.718. The molecule has 1 aromatic carbocycles. The Morgan fingerprint density at radius 1 is 1.24 bits per heavy atom. The number of rotatable bonds is 4. The van der Waals surface area contributed by atoms with E-state index in [0.717, 1.165) is 11.1 Å². The van der Waals surface area contributed by atoms with E-state index < -0.39 is 0 Å². The van der Waals surface area contributed by atoms with Crippen LogP contribution in [0.2, 0.25) is 0 Å². The Bertz CT molecular complexity index is 339. The summed E-state index contributed by atoms with van der Waals surface area (Å²) >= 11 is 3.44. The summed E-state index contributed by atoms with van der Waals surface area (Å²) in [5.41, 5.74) is 1.24. The number of nitrogens with one attached hydrogen (secondary N) is 1. The van der Waals surface area contributed by atoms with Crippen molar-refractivity contribution in [3.05, 3.63) is 34.3 Å². The Kier molecular flexibility index (Phi) is 5.01. The van der Waals surface area contributed by atoms with Gasteiger partial charge in [0, 0.05) is 10.5 Å². The van der Waals surface area contributed by atoms with Gasteiger partial charge in [0.25, 0.3) is 0 Å². The van der Waals surface area contributed by atoms with Gasteiger partial charge in [-0.3, -0.25) is 0 Å². The first kappa shape index (κ1) is 13.1.